The zero-order valence-corrected chi connectivity index (χ0v) is 22.2. The van der Waals surface area contributed by atoms with Crippen molar-refractivity contribution in [3.05, 3.63) is 75.4 Å². The van der Waals surface area contributed by atoms with Crippen molar-refractivity contribution in [2.75, 3.05) is 24.2 Å². The van der Waals surface area contributed by atoms with E-state index in [1.807, 2.05) is 37.3 Å². The van der Waals surface area contributed by atoms with Crippen molar-refractivity contribution in [2.24, 2.45) is 0 Å². The second kappa shape index (κ2) is 10.8. The van der Waals surface area contributed by atoms with Gasteiger partial charge in [-0.2, -0.15) is 0 Å². The number of thiophene rings is 1. The summed E-state index contributed by atoms with van der Waals surface area (Å²) in [5.41, 5.74) is 2.18. The van der Waals surface area contributed by atoms with E-state index >= 15 is 0 Å². The predicted octanol–water partition coefficient (Wildman–Crippen LogP) is 4.48. The van der Waals surface area contributed by atoms with E-state index in [0.717, 1.165) is 16.2 Å². The van der Waals surface area contributed by atoms with Crippen molar-refractivity contribution in [1.82, 2.24) is 14.5 Å². The Balaban J connectivity index is 1.45. The highest BCUT2D eigenvalue weighted by molar-refractivity contribution is 7.99. The van der Waals surface area contributed by atoms with E-state index in [-0.39, 0.29) is 23.1 Å². The lowest BCUT2D eigenvalue weighted by molar-refractivity contribution is -0.129. The van der Waals surface area contributed by atoms with Gasteiger partial charge in [-0.25, -0.2) is 4.98 Å². The fourth-order valence-corrected chi connectivity index (χ4v) is 6.41. The van der Waals surface area contributed by atoms with Crippen LogP contribution in [0.4, 0.5) is 5.69 Å². The molecule has 3 heterocycles. The molecule has 37 heavy (non-hydrogen) atoms. The molecule has 0 radical (unpaired) electrons. The summed E-state index contributed by atoms with van der Waals surface area (Å²) < 4.78 is 7.03. The van der Waals surface area contributed by atoms with E-state index < -0.39 is 0 Å². The molecular formula is C27H26N4O4S2. The van der Waals surface area contributed by atoms with Gasteiger partial charge in [0, 0.05) is 24.0 Å². The molecule has 1 N–H and O–H groups in total. The molecule has 1 aliphatic rings. The largest absolute Gasteiger partial charge is 0.494 e. The maximum atomic E-state index is 13.8. The van der Waals surface area contributed by atoms with Crippen LogP contribution in [0.1, 0.15) is 24.3 Å². The Morgan fingerprint density at radius 3 is 2.59 bits per heavy atom. The Morgan fingerprint density at radius 2 is 1.89 bits per heavy atom. The lowest BCUT2D eigenvalue weighted by atomic mass is 10.1. The highest BCUT2D eigenvalue weighted by Crippen LogP contribution is 2.34. The number of thioether (sulfide) groups is 1. The number of hydrogen-bond acceptors (Lipinski definition) is 7. The van der Waals surface area contributed by atoms with Crippen LogP contribution in [0, 0.1) is 0 Å². The maximum absolute atomic E-state index is 13.8. The number of hydrogen-bond donors (Lipinski definition) is 1. The second-order valence-electron chi connectivity index (χ2n) is 8.54. The number of benzene rings is 2. The molecule has 0 bridgehead atoms. The van der Waals surface area contributed by atoms with Crippen LogP contribution in [0.3, 0.4) is 0 Å². The molecule has 2 amide bonds. The standard InChI is InChI=1S/C27H26N4O4S2/c1-3-35-20-11-9-18(10-12-20)28-23(33)16-36-27-29-25-24(26(34)31(27)19-7-5-4-6-8-19)21-13-14-30(17(2)32)15-22(21)37-25/h4-12H,3,13-16H2,1-2H3,(H,28,33). The number of aromatic nitrogens is 2. The van der Waals surface area contributed by atoms with E-state index in [1.165, 1.54) is 23.1 Å². The van der Waals surface area contributed by atoms with E-state index in [0.29, 0.717) is 52.9 Å². The predicted molar refractivity (Wildman–Crippen MR) is 147 cm³/mol. The number of anilines is 1. The van der Waals surface area contributed by atoms with E-state index in [4.69, 9.17) is 9.72 Å². The zero-order valence-electron chi connectivity index (χ0n) is 20.5. The summed E-state index contributed by atoms with van der Waals surface area (Å²) in [6, 6.07) is 16.5. The Kier molecular flexibility index (Phi) is 7.29. The van der Waals surface area contributed by atoms with Crippen molar-refractivity contribution in [2.45, 2.75) is 32.0 Å². The minimum absolute atomic E-state index is 0.0209. The summed E-state index contributed by atoms with van der Waals surface area (Å²) in [6.45, 7) is 5.13. The molecule has 5 rings (SSSR count). The summed E-state index contributed by atoms with van der Waals surface area (Å²) in [6.07, 6.45) is 0.623. The number of rotatable bonds is 7. The normalized spacial score (nSPS) is 12.9. The van der Waals surface area contributed by atoms with Crippen molar-refractivity contribution in [3.63, 3.8) is 0 Å². The minimum atomic E-state index is -0.203. The Bertz CT molecular complexity index is 1510. The van der Waals surface area contributed by atoms with Crippen LogP contribution < -0.4 is 15.6 Å². The monoisotopic (exact) mass is 534 g/mol. The number of nitrogens with zero attached hydrogens (tertiary/aromatic N) is 3. The van der Waals surface area contributed by atoms with Crippen molar-refractivity contribution >= 4 is 50.8 Å². The van der Waals surface area contributed by atoms with Crippen LogP contribution in [0.5, 0.6) is 5.75 Å². The number of carbonyl (C=O) groups excluding carboxylic acids is 2. The number of ether oxygens (including phenoxy) is 1. The molecule has 0 spiro atoms. The number of nitrogens with one attached hydrogen (secondary N) is 1. The third-order valence-electron chi connectivity index (χ3n) is 6.08. The molecule has 190 valence electrons. The summed E-state index contributed by atoms with van der Waals surface area (Å²) in [7, 11) is 0. The second-order valence-corrected chi connectivity index (χ2v) is 10.6. The summed E-state index contributed by atoms with van der Waals surface area (Å²) in [5.74, 6) is 0.642. The summed E-state index contributed by atoms with van der Waals surface area (Å²) in [5, 5.41) is 3.94. The van der Waals surface area contributed by atoms with Gasteiger partial charge in [-0.1, -0.05) is 30.0 Å². The molecule has 0 atom stereocenters. The quantitative estimate of drug-likeness (QED) is 0.278. The fraction of sp³-hybridized carbons (Fsp3) is 0.259. The van der Waals surface area contributed by atoms with Gasteiger partial charge in [-0.05, 0) is 55.3 Å². The Labute approximate surface area is 222 Å². The van der Waals surface area contributed by atoms with Gasteiger partial charge in [-0.15, -0.1) is 11.3 Å². The smallest absolute Gasteiger partial charge is 0.267 e. The first-order valence-electron chi connectivity index (χ1n) is 12.0. The van der Waals surface area contributed by atoms with Crippen LogP contribution in [0.15, 0.2) is 64.5 Å². The molecule has 1 aliphatic heterocycles. The Morgan fingerprint density at radius 1 is 1.14 bits per heavy atom. The molecule has 8 nitrogen and oxygen atoms in total. The van der Waals surface area contributed by atoms with Crippen LogP contribution >= 0.6 is 23.1 Å². The highest BCUT2D eigenvalue weighted by Gasteiger charge is 2.26. The maximum Gasteiger partial charge on any atom is 0.267 e. The van der Waals surface area contributed by atoms with Gasteiger partial charge < -0.3 is 15.0 Å². The van der Waals surface area contributed by atoms with Crippen molar-refractivity contribution < 1.29 is 14.3 Å². The van der Waals surface area contributed by atoms with Crippen LogP contribution in [-0.2, 0) is 22.6 Å². The lowest BCUT2D eigenvalue weighted by Gasteiger charge is -2.25. The van der Waals surface area contributed by atoms with Gasteiger partial charge in [0.25, 0.3) is 5.56 Å². The molecule has 2 aromatic heterocycles. The number of amides is 2. The van der Waals surface area contributed by atoms with Crippen LogP contribution in [0.2, 0.25) is 0 Å². The van der Waals surface area contributed by atoms with E-state index in [1.54, 1.807) is 40.7 Å². The Hall–Kier alpha value is -3.63. The molecule has 10 heteroatoms. The van der Waals surface area contributed by atoms with Gasteiger partial charge in [0.05, 0.1) is 30.0 Å². The number of para-hydroxylation sites is 1. The molecule has 0 aliphatic carbocycles. The third-order valence-corrected chi connectivity index (χ3v) is 8.13. The van der Waals surface area contributed by atoms with Crippen molar-refractivity contribution in [1.29, 1.82) is 0 Å². The molecule has 0 fully saturated rings. The van der Waals surface area contributed by atoms with Crippen molar-refractivity contribution in [3.8, 4) is 11.4 Å². The SMILES string of the molecule is CCOc1ccc(NC(=O)CSc2nc3sc4c(c3c(=O)n2-c2ccccc2)CCN(C(C)=O)C4)cc1. The highest BCUT2D eigenvalue weighted by atomic mass is 32.2. The molecular weight excluding hydrogens is 508 g/mol. The summed E-state index contributed by atoms with van der Waals surface area (Å²) >= 11 is 2.67. The third kappa shape index (κ3) is 5.26. The first-order valence-corrected chi connectivity index (χ1v) is 13.8. The first kappa shape index (κ1) is 25.0. The molecule has 0 saturated heterocycles. The number of carbonyl (C=O) groups is 2. The minimum Gasteiger partial charge on any atom is -0.494 e. The number of fused-ring (bicyclic) bond motifs is 3. The lowest BCUT2D eigenvalue weighted by Crippen LogP contribution is -2.34. The summed E-state index contributed by atoms with van der Waals surface area (Å²) in [4.78, 5) is 46.8. The van der Waals surface area contributed by atoms with Gasteiger partial charge in [0.15, 0.2) is 5.16 Å². The van der Waals surface area contributed by atoms with Crippen LogP contribution in [-0.4, -0.2) is 45.2 Å². The van der Waals surface area contributed by atoms with Gasteiger partial charge >= 0.3 is 0 Å². The average molecular weight is 535 g/mol. The van der Waals surface area contributed by atoms with Gasteiger partial charge in [-0.3, -0.25) is 19.0 Å². The van der Waals surface area contributed by atoms with E-state index in [9.17, 15) is 14.4 Å². The average Bonchev–Trinajstić information content (AvgIpc) is 3.27. The molecule has 0 saturated carbocycles. The van der Waals surface area contributed by atoms with Gasteiger partial charge in [0.2, 0.25) is 11.8 Å². The first-order chi connectivity index (χ1) is 17.9. The fourth-order valence-electron chi connectivity index (χ4n) is 4.32. The topological polar surface area (TPSA) is 93.5 Å². The molecule has 2 aromatic carbocycles. The van der Waals surface area contributed by atoms with Gasteiger partial charge in [0.1, 0.15) is 10.6 Å². The molecule has 4 aromatic rings. The van der Waals surface area contributed by atoms with Crippen LogP contribution in [0.25, 0.3) is 15.9 Å². The molecule has 0 unspecified atom stereocenters. The zero-order chi connectivity index (χ0) is 25.9. The van der Waals surface area contributed by atoms with E-state index in [2.05, 4.69) is 5.32 Å².